The molecule has 11 heteroatoms. The lowest BCUT2D eigenvalue weighted by Gasteiger charge is -2.37. The van der Waals surface area contributed by atoms with E-state index in [-0.39, 0.29) is 24.9 Å². The number of ether oxygens (including phenoxy) is 5. The number of hydrogen-bond acceptors (Lipinski definition) is 10. The van der Waals surface area contributed by atoms with Crippen molar-refractivity contribution in [2.75, 3.05) is 26.6 Å². The summed E-state index contributed by atoms with van der Waals surface area (Å²) < 4.78 is 32.2. The molecular weight excluding hydrogens is 622 g/mol. The maximum absolute atomic E-state index is 11.3. The molecule has 6 aromatic rings. The number of anilines is 1. The Morgan fingerprint density at radius 2 is 1.41 bits per heavy atom. The van der Waals surface area contributed by atoms with E-state index in [1.165, 1.54) is 0 Å². The molecule has 0 radical (unpaired) electrons. The van der Waals surface area contributed by atoms with Gasteiger partial charge in [0.15, 0.2) is 11.2 Å². The van der Waals surface area contributed by atoms with Gasteiger partial charge in [0.25, 0.3) is 0 Å². The SMILES string of the molecule is COc1ccc(C(OC[C@H]2O[C@@H](n3cnc4c(OCc5ccccc5)nc(N)nc43)C[C@@H]2O)(c2ccccc2)c2ccc(OC)cc2)cc1. The Morgan fingerprint density at radius 1 is 0.816 bits per heavy atom. The highest BCUT2D eigenvalue weighted by Crippen LogP contribution is 2.43. The van der Waals surface area contributed by atoms with Crippen LogP contribution in [0, 0.1) is 0 Å². The second-order valence-electron chi connectivity index (χ2n) is 11.7. The van der Waals surface area contributed by atoms with Crippen LogP contribution in [0.15, 0.2) is 116 Å². The number of methoxy groups -OCH3 is 2. The summed E-state index contributed by atoms with van der Waals surface area (Å²) >= 11 is 0. The zero-order chi connectivity index (χ0) is 33.8. The average Bonchev–Trinajstić information content (AvgIpc) is 3.75. The van der Waals surface area contributed by atoms with Gasteiger partial charge in [0, 0.05) is 6.42 Å². The van der Waals surface area contributed by atoms with Crippen molar-refractivity contribution in [1.82, 2.24) is 19.5 Å². The van der Waals surface area contributed by atoms with Gasteiger partial charge in [-0.1, -0.05) is 84.9 Å². The monoisotopic (exact) mass is 659 g/mol. The fraction of sp³-hybridized carbons (Fsp3) is 0.237. The quantitative estimate of drug-likeness (QED) is 0.158. The van der Waals surface area contributed by atoms with E-state index in [0.29, 0.717) is 17.8 Å². The van der Waals surface area contributed by atoms with Gasteiger partial charge in [0.05, 0.1) is 33.3 Å². The van der Waals surface area contributed by atoms with E-state index >= 15 is 0 Å². The molecule has 250 valence electrons. The molecule has 7 rings (SSSR count). The van der Waals surface area contributed by atoms with Crippen LogP contribution in [-0.4, -0.2) is 57.7 Å². The first-order valence-electron chi connectivity index (χ1n) is 16.0. The lowest BCUT2D eigenvalue weighted by atomic mass is 9.80. The largest absolute Gasteiger partial charge is 0.497 e. The first-order chi connectivity index (χ1) is 24.0. The third kappa shape index (κ3) is 6.39. The number of aromatic nitrogens is 4. The smallest absolute Gasteiger partial charge is 0.247 e. The van der Waals surface area contributed by atoms with Crippen molar-refractivity contribution < 1.29 is 28.8 Å². The van der Waals surface area contributed by atoms with Gasteiger partial charge in [-0.25, -0.2) is 4.98 Å². The minimum Gasteiger partial charge on any atom is -0.497 e. The maximum Gasteiger partial charge on any atom is 0.247 e. The highest BCUT2D eigenvalue weighted by atomic mass is 16.6. The predicted octanol–water partition coefficient (Wildman–Crippen LogP) is 5.66. The number of fused-ring (bicyclic) bond motifs is 1. The summed E-state index contributed by atoms with van der Waals surface area (Å²) in [4.78, 5) is 13.3. The van der Waals surface area contributed by atoms with E-state index in [2.05, 4.69) is 15.0 Å². The van der Waals surface area contributed by atoms with Crippen LogP contribution in [0.1, 0.15) is 34.9 Å². The van der Waals surface area contributed by atoms with Crippen molar-refractivity contribution in [2.45, 2.75) is 37.1 Å². The summed E-state index contributed by atoms with van der Waals surface area (Å²) in [5.41, 5.74) is 9.59. The fourth-order valence-electron chi connectivity index (χ4n) is 6.26. The molecule has 4 aromatic carbocycles. The Balaban J connectivity index is 1.18. The molecule has 1 aliphatic heterocycles. The topological polar surface area (TPSA) is 136 Å². The normalized spacial score (nSPS) is 17.7. The van der Waals surface area contributed by atoms with Crippen LogP contribution in [0.5, 0.6) is 17.4 Å². The second-order valence-corrected chi connectivity index (χ2v) is 11.7. The number of nitrogen functional groups attached to an aromatic ring is 1. The minimum absolute atomic E-state index is 0.0439. The van der Waals surface area contributed by atoms with Gasteiger partial charge in [-0.05, 0) is 46.5 Å². The lowest BCUT2D eigenvalue weighted by molar-refractivity contribution is -0.0931. The Bertz CT molecular complexity index is 1940. The molecule has 1 saturated heterocycles. The minimum atomic E-state index is -1.06. The molecule has 11 nitrogen and oxygen atoms in total. The second kappa shape index (κ2) is 13.9. The molecule has 49 heavy (non-hydrogen) atoms. The highest BCUT2D eigenvalue weighted by molar-refractivity contribution is 5.77. The van der Waals surface area contributed by atoms with Crippen LogP contribution >= 0.6 is 0 Å². The van der Waals surface area contributed by atoms with E-state index in [1.54, 1.807) is 25.1 Å². The molecule has 3 atom stereocenters. The molecule has 0 unspecified atom stereocenters. The molecule has 0 bridgehead atoms. The molecule has 3 N–H and O–H groups in total. The lowest BCUT2D eigenvalue weighted by Crippen LogP contribution is -2.38. The van der Waals surface area contributed by atoms with E-state index in [1.807, 2.05) is 109 Å². The number of nitrogens with two attached hydrogens (primary N) is 1. The number of rotatable bonds is 12. The Morgan fingerprint density at radius 3 is 2.02 bits per heavy atom. The number of aliphatic hydroxyl groups excluding tert-OH is 1. The van der Waals surface area contributed by atoms with Gasteiger partial charge >= 0.3 is 0 Å². The maximum atomic E-state index is 11.3. The number of nitrogens with zero attached hydrogens (tertiary/aromatic N) is 4. The molecule has 1 aliphatic rings. The Labute approximate surface area is 283 Å². The number of benzene rings is 4. The van der Waals surface area contributed by atoms with Gasteiger partial charge < -0.3 is 34.5 Å². The summed E-state index contributed by atoms with van der Waals surface area (Å²) in [7, 11) is 3.27. The number of aliphatic hydroxyl groups is 1. The van der Waals surface area contributed by atoms with Crippen LogP contribution in [0.25, 0.3) is 11.2 Å². The van der Waals surface area contributed by atoms with Crippen LogP contribution < -0.4 is 19.9 Å². The van der Waals surface area contributed by atoms with Crippen LogP contribution in [0.2, 0.25) is 0 Å². The molecule has 0 aliphatic carbocycles. The summed E-state index contributed by atoms with van der Waals surface area (Å²) in [6, 6.07) is 35.3. The van der Waals surface area contributed by atoms with Crippen molar-refractivity contribution in [3.63, 3.8) is 0 Å². The van der Waals surface area contributed by atoms with Crippen molar-refractivity contribution in [3.8, 4) is 17.4 Å². The molecule has 1 fully saturated rings. The fourth-order valence-corrected chi connectivity index (χ4v) is 6.26. The average molecular weight is 660 g/mol. The zero-order valence-corrected chi connectivity index (χ0v) is 27.2. The third-order valence-corrected chi connectivity index (χ3v) is 8.78. The zero-order valence-electron chi connectivity index (χ0n) is 27.2. The van der Waals surface area contributed by atoms with E-state index < -0.39 is 24.0 Å². The third-order valence-electron chi connectivity index (χ3n) is 8.78. The summed E-state index contributed by atoms with van der Waals surface area (Å²) in [5, 5.41) is 11.3. The number of imidazole rings is 1. The first kappa shape index (κ1) is 32.1. The van der Waals surface area contributed by atoms with Crippen molar-refractivity contribution in [1.29, 1.82) is 0 Å². The van der Waals surface area contributed by atoms with Gasteiger partial charge in [-0.15, -0.1) is 0 Å². The Hall–Kier alpha value is -5.49. The van der Waals surface area contributed by atoms with E-state index in [4.69, 9.17) is 29.4 Å². The Kier molecular flexibility index (Phi) is 9.12. The summed E-state index contributed by atoms with van der Waals surface area (Å²) in [6.45, 7) is 0.364. The summed E-state index contributed by atoms with van der Waals surface area (Å²) in [6.07, 6.45) is -0.200. The molecule has 2 aromatic heterocycles. The first-order valence-corrected chi connectivity index (χ1v) is 16.0. The molecule has 0 saturated carbocycles. The predicted molar refractivity (Wildman–Crippen MR) is 183 cm³/mol. The molecule has 0 amide bonds. The van der Waals surface area contributed by atoms with Gasteiger partial charge in [0.1, 0.15) is 36.0 Å². The van der Waals surface area contributed by atoms with Crippen molar-refractivity contribution in [3.05, 3.63) is 138 Å². The molecule has 3 heterocycles. The van der Waals surface area contributed by atoms with Crippen molar-refractivity contribution >= 4 is 17.1 Å². The molecule has 0 spiro atoms. The van der Waals surface area contributed by atoms with Gasteiger partial charge in [-0.2, -0.15) is 9.97 Å². The van der Waals surface area contributed by atoms with Crippen LogP contribution in [-0.2, 0) is 21.7 Å². The van der Waals surface area contributed by atoms with E-state index in [0.717, 1.165) is 33.8 Å². The van der Waals surface area contributed by atoms with Gasteiger partial charge in [0.2, 0.25) is 11.8 Å². The van der Waals surface area contributed by atoms with Crippen molar-refractivity contribution in [2.24, 2.45) is 0 Å². The standard InChI is InChI=1S/C38H37N5O6/c1-45-29-17-13-27(14-18-29)38(26-11-7-4-8-12-26,28-15-19-30(46-2)20-16-28)48-23-32-31(44)21-33(49-32)43-24-40-34-35(43)41-37(39)42-36(34)47-22-25-9-5-3-6-10-25/h3-20,24,31-33,44H,21-23H2,1-2H3,(H2,39,41,42)/t31-,32+,33+/m0/s1. The van der Waals surface area contributed by atoms with E-state index in [9.17, 15) is 5.11 Å². The highest BCUT2D eigenvalue weighted by Gasteiger charge is 2.42. The summed E-state index contributed by atoms with van der Waals surface area (Å²) in [5.74, 6) is 1.77. The van der Waals surface area contributed by atoms with Crippen LogP contribution in [0.3, 0.4) is 0 Å². The van der Waals surface area contributed by atoms with Crippen LogP contribution in [0.4, 0.5) is 5.95 Å². The number of hydrogen-bond donors (Lipinski definition) is 2. The van der Waals surface area contributed by atoms with Gasteiger partial charge in [-0.3, -0.25) is 4.57 Å². The molecular formula is C38H37N5O6.